The number of nitrogens with zero attached hydrogens (tertiary/aromatic N) is 2. The van der Waals surface area contributed by atoms with Crippen molar-refractivity contribution in [2.45, 2.75) is 65.3 Å². The first-order valence-corrected chi connectivity index (χ1v) is 11.3. The van der Waals surface area contributed by atoms with Gasteiger partial charge in [0.25, 0.3) is 0 Å². The Bertz CT molecular complexity index is 882. The van der Waals surface area contributed by atoms with E-state index in [0.717, 1.165) is 29.9 Å². The van der Waals surface area contributed by atoms with Crippen LogP contribution in [0.4, 0.5) is 4.79 Å². The molecule has 3 rings (SSSR count). The Labute approximate surface area is 190 Å². The summed E-state index contributed by atoms with van der Waals surface area (Å²) < 4.78 is 11.5. The zero-order valence-corrected chi connectivity index (χ0v) is 19.6. The molecule has 0 radical (unpaired) electrons. The highest BCUT2D eigenvalue weighted by atomic mass is 16.5. The molecule has 1 saturated heterocycles. The van der Waals surface area contributed by atoms with Crippen molar-refractivity contribution >= 4 is 11.9 Å². The van der Waals surface area contributed by atoms with E-state index in [9.17, 15) is 9.59 Å². The molecule has 2 aromatic rings. The van der Waals surface area contributed by atoms with Crippen molar-refractivity contribution in [1.82, 2.24) is 15.1 Å². The van der Waals surface area contributed by atoms with Crippen LogP contribution in [0.15, 0.2) is 46.9 Å². The lowest BCUT2D eigenvalue weighted by Gasteiger charge is -2.31. The smallest absolute Gasteiger partial charge is 0.318 e. The molecule has 1 aliphatic rings. The van der Waals surface area contributed by atoms with Crippen molar-refractivity contribution in [2.24, 2.45) is 0 Å². The fourth-order valence-corrected chi connectivity index (χ4v) is 3.71. The first-order chi connectivity index (χ1) is 15.2. The van der Waals surface area contributed by atoms with E-state index in [1.807, 2.05) is 70.2 Å². The number of hydrogen-bond acceptors (Lipinski definition) is 4. The summed E-state index contributed by atoms with van der Waals surface area (Å²) in [6.07, 6.45) is 1.84. The van der Waals surface area contributed by atoms with E-state index in [1.54, 1.807) is 9.80 Å². The summed E-state index contributed by atoms with van der Waals surface area (Å²) in [5.41, 5.74) is 0.624. The minimum atomic E-state index is -0.398. The summed E-state index contributed by atoms with van der Waals surface area (Å²) in [6.45, 7) is 9.53. The van der Waals surface area contributed by atoms with E-state index in [-0.39, 0.29) is 24.6 Å². The largest absolute Gasteiger partial charge is 0.464 e. The molecule has 1 aromatic heterocycles. The minimum absolute atomic E-state index is 0.0195. The third-order valence-corrected chi connectivity index (χ3v) is 5.25. The fraction of sp³-hybridized carbons (Fsp3) is 0.520. The normalized spacial score (nSPS) is 16.1. The van der Waals surface area contributed by atoms with Gasteiger partial charge in [-0.25, -0.2) is 4.79 Å². The van der Waals surface area contributed by atoms with Crippen LogP contribution in [0.25, 0.3) is 0 Å². The van der Waals surface area contributed by atoms with Crippen LogP contribution >= 0.6 is 0 Å². The lowest BCUT2D eigenvalue weighted by molar-refractivity contribution is -0.133. The molecule has 1 atom stereocenters. The Kier molecular flexibility index (Phi) is 7.96. The third kappa shape index (κ3) is 7.41. The van der Waals surface area contributed by atoms with Crippen molar-refractivity contribution in [3.05, 3.63) is 59.5 Å². The average molecular weight is 442 g/mol. The Morgan fingerprint density at radius 3 is 2.41 bits per heavy atom. The molecule has 7 heteroatoms. The Morgan fingerprint density at radius 1 is 1.06 bits per heavy atom. The van der Waals surface area contributed by atoms with Gasteiger partial charge >= 0.3 is 6.03 Å². The van der Waals surface area contributed by atoms with Crippen molar-refractivity contribution in [1.29, 1.82) is 0 Å². The summed E-state index contributed by atoms with van der Waals surface area (Å²) in [5.74, 6) is 1.39. The highest BCUT2D eigenvalue weighted by molar-refractivity contribution is 5.84. The number of amides is 3. The number of nitrogens with one attached hydrogen (secondary N) is 1. The van der Waals surface area contributed by atoms with Crippen LogP contribution in [0.1, 0.15) is 50.7 Å². The zero-order chi connectivity index (χ0) is 23.1. The molecule has 1 aliphatic heterocycles. The SMILES string of the molecule is Cc1ccc(CN(Cc2ccccc2)C(=O)CN(CC2CCCO2)C(=O)NC(C)(C)C)o1. The van der Waals surface area contributed by atoms with Gasteiger partial charge in [-0.1, -0.05) is 30.3 Å². The second-order valence-corrected chi connectivity index (χ2v) is 9.44. The number of urea groups is 1. The number of rotatable bonds is 8. The molecular weight excluding hydrogens is 406 g/mol. The molecule has 7 nitrogen and oxygen atoms in total. The van der Waals surface area contributed by atoms with Gasteiger partial charge in [0, 0.05) is 25.2 Å². The van der Waals surface area contributed by atoms with Crippen molar-refractivity contribution in [2.75, 3.05) is 19.7 Å². The summed E-state index contributed by atoms with van der Waals surface area (Å²) in [4.78, 5) is 29.7. The number of hydrogen-bond donors (Lipinski definition) is 1. The van der Waals surface area contributed by atoms with Crippen LogP contribution in [-0.4, -0.2) is 53.1 Å². The summed E-state index contributed by atoms with van der Waals surface area (Å²) in [5, 5.41) is 2.98. The van der Waals surface area contributed by atoms with E-state index >= 15 is 0 Å². The van der Waals surface area contributed by atoms with E-state index in [1.165, 1.54) is 0 Å². The molecule has 1 N–H and O–H groups in total. The number of furan rings is 1. The molecule has 0 bridgehead atoms. The van der Waals surface area contributed by atoms with E-state index in [0.29, 0.717) is 26.2 Å². The molecule has 32 heavy (non-hydrogen) atoms. The van der Waals surface area contributed by atoms with Gasteiger partial charge in [0.2, 0.25) is 5.91 Å². The average Bonchev–Trinajstić information content (AvgIpc) is 3.38. The Hall–Kier alpha value is -2.80. The number of aryl methyl sites for hydroxylation is 1. The van der Waals surface area contributed by atoms with Gasteiger partial charge in [-0.05, 0) is 58.2 Å². The predicted octanol–water partition coefficient (Wildman–Crippen LogP) is 4.11. The molecule has 1 fully saturated rings. The Balaban J connectivity index is 1.76. The molecule has 174 valence electrons. The van der Waals surface area contributed by atoms with E-state index < -0.39 is 5.54 Å². The van der Waals surface area contributed by atoms with Gasteiger partial charge in [0.05, 0.1) is 12.6 Å². The molecule has 1 unspecified atom stereocenters. The van der Waals surface area contributed by atoms with Crippen LogP contribution in [0, 0.1) is 6.92 Å². The summed E-state index contributed by atoms with van der Waals surface area (Å²) >= 11 is 0. The molecule has 2 heterocycles. The van der Waals surface area contributed by atoms with Crippen LogP contribution in [-0.2, 0) is 22.6 Å². The molecular formula is C25H35N3O4. The standard InChI is InChI=1S/C25H35N3O4/c1-19-12-13-22(32-19)17-27(15-20-9-6-5-7-10-20)23(29)18-28(16-21-11-8-14-31-21)24(30)26-25(2,3)4/h5-7,9-10,12-13,21H,8,11,14-18H2,1-4H3,(H,26,30). The molecule has 0 spiro atoms. The van der Waals surface area contributed by atoms with Gasteiger partial charge in [0.15, 0.2) is 0 Å². The molecule has 0 aliphatic carbocycles. The van der Waals surface area contributed by atoms with E-state index in [4.69, 9.17) is 9.15 Å². The monoisotopic (exact) mass is 441 g/mol. The first kappa shape index (κ1) is 23.9. The maximum Gasteiger partial charge on any atom is 0.318 e. The molecule has 3 amide bonds. The highest BCUT2D eigenvalue weighted by Gasteiger charge is 2.28. The van der Waals surface area contributed by atoms with Crippen molar-refractivity contribution < 1.29 is 18.7 Å². The third-order valence-electron chi connectivity index (χ3n) is 5.25. The molecule has 0 saturated carbocycles. The summed E-state index contributed by atoms with van der Waals surface area (Å²) in [6, 6.07) is 13.4. The minimum Gasteiger partial charge on any atom is -0.464 e. The number of carbonyl (C=O) groups excluding carboxylic acids is 2. The van der Waals surface area contributed by atoms with E-state index in [2.05, 4.69) is 5.32 Å². The number of carbonyl (C=O) groups is 2. The Morgan fingerprint density at radius 2 is 1.81 bits per heavy atom. The van der Waals surface area contributed by atoms with Crippen LogP contribution in [0.3, 0.4) is 0 Å². The van der Waals surface area contributed by atoms with Crippen molar-refractivity contribution in [3.8, 4) is 0 Å². The van der Waals surface area contributed by atoms with Gasteiger partial charge in [-0.3, -0.25) is 4.79 Å². The topological polar surface area (TPSA) is 75.0 Å². The number of benzene rings is 1. The predicted molar refractivity (Wildman–Crippen MR) is 123 cm³/mol. The van der Waals surface area contributed by atoms with Gasteiger partial charge in [0.1, 0.15) is 18.1 Å². The lowest BCUT2D eigenvalue weighted by atomic mass is 10.1. The quantitative estimate of drug-likeness (QED) is 0.669. The second kappa shape index (κ2) is 10.7. The maximum absolute atomic E-state index is 13.4. The number of ether oxygens (including phenoxy) is 1. The fourth-order valence-electron chi connectivity index (χ4n) is 3.71. The van der Waals surface area contributed by atoms with Crippen LogP contribution in [0.2, 0.25) is 0 Å². The first-order valence-electron chi connectivity index (χ1n) is 11.3. The summed E-state index contributed by atoms with van der Waals surface area (Å²) in [7, 11) is 0. The van der Waals surface area contributed by atoms with Gasteiger partial charge in [-0.2, -0.15) is 0 Å². The van der Waals surface area contributed by atoms with Gasteiger partial charge < -0.3 is 24.3 Å². The second-order valence-electron chi connectivity index (χ2n) is 9.44. The molecule has 1 aromatic carbocycles. The van der Waals surface area contributed by atoms with Crippen LogP contribution in [0.5, 0.6) is 0 Å². The van der Waals surface area contributed by atoms with Gasteiger partial charge in [-0.15, -0.1) is 0 Å². The highest BCUT2D eigenvalue weighted by Crippen LogP contribution is 2.16. The van der Waals surface area contributed by atoms with Crippen molar-refractivity contribution in [3.63, 3.8) is 0 Å². The van der Waals surface area contributed by atoms with Crippen LogP contribution < -0.4 is 5.32 Å². The lowest BCUT2D eigenvalue weighted by Crippen LogP contribution is -2.53. The zero-order valence-electron chi connectivity index (χ0n) is 19.6. The maximum atomic E-state index is 13.4.